The van der Waals surface area contributed by atoms with E-state index in [0.717, 1.165) is 6.33 Å². The molecule has 5 N–H and O–H groups in total. The maximum atomic E-state index is 11.7. The van der Waals surface area contributed by atoms with Gasteiger partial charge in [-0.1, -0.05) is 5.92 Å². The fourth-order valence-corrected chi connectivity index (χ4v) is 1.80. The Bertz CT molecular complexity index is 705. The van der Waals surface area contributed by atoms with E-state index in [-0.39, 0.29) is 0 Å². The van der Waals surface area contributed by atoms with E-state index in [2.05, 4.69) is 4.98 Å². The SMILES string of the molecule is [2H]C([2H])(O)[C@H]1O[C@@H](n2cnc(=O)[nH]c2=O)C(N)(C#C)[C@H]1O. The van der Waals surface area contributed by atoms with Crippen molar-refractivity contribution in [3.8, 4) is 12.3 Å². The summed E-state index contributed by atoms with van der Waals surface area (Å²) in [5.74, 6) is 2.03. The summed E-state index contributed by atoms with van der Waals surface area (Å²) < 4.78 is 20.2. The fourth-order valence-electron chi connectivity index (χ4n) is 1.80. The number of aromatic amines is 1. The van der Waals surface area contributed by atoms with Gasteiger partial charge in [0.25, 0.3) is 0 Å². The Balaban J connectivity index is 2.55. The molecule has 1 aromatic rings. The summed E-state index contributed by atoms with van der Waals surface area (Å²) in [4.78, 5) is 27.8. The van der Waals surface area contributed by atoms with Gasteiger partial charge in [0.1, 0.15) is 18.5 Å². The van der Waals surface area contributed by atoms with Crippen LogP contribution < -0.4 is 17.1 Å². The minimum absolute atomic E-state index is 0.705. The molecule has 19 heavy (non-hydrogen) atoms. The standard InChI is InChI=1S/C10H12N4O5/c1-2-10(11)6(16)5(3-15)19-7(10)14-4-12-8(17)13-9(14)18/h1,4-7,15-16H,3,11H2,(H,13,17,18)/t5-,6+,7-,10?/m1/s1/i3D2. The molecule has 1 unspecified atom stereocenters. The van der Waals surface area contributed by atoms with Crippen molar-refractivity contribution in [2.75, 3.05) is 6.56 Å². The first-order valence-corrected chi connectivity index (χ1v) is 5.11. The van der Waals surface area contributed by atoms with E-state index in [9.17, 15) is 19.8 Å². The molecule has 4 atom stereocenters. The summed E-state index contributed by atoms with van der Waals surface area (Å²) in [5.41, 5.74) is 1.92. The molecule has 2 heterocycles. The Morgan fingerprint density at radius 2 is 2.47 bits per heavy atom. The summed E-state index contributed by atoms with van der Waals surface area (Å²) in [6.45, 7) is -2.95. The maximum Gasteiger partial charge on any atom is 0.350 e. The second-order valence-electron chi connectivity index (χ2n) is 3.95. The highest BCUT2D eigenvalue weighted by molar-refractivity contribution is 5.22. The molecule has 0 bridgehead atoms. The maximum absolute atomic E-state index is 11.7. The molecule has 0 spiro atoms. The third-order valence-electron chi connectivity index (χ3n) is 2.84. The lowest BCUT2D eigenvalue weighted by molar-refractivity contribution is -0.0481. The predicted octanol–water partition coefficient (Wildman–Crippen LogP) is -3.49. The molecule has 1 aliphatic rings. The molecule has 2 rings (SSSR count). The average Bonchev–Trinajstić information content (AvgIpc) is 2.63. The lowest BCUT2D eigenvalue weighted by atomic mass is 9.92. The largest absolute Gasteiger partial charge is 0.394 e. The summed E-state index contributed by atoms with van der Waals surface area (Å²) in [6.07, 6.45) is 0.928. The Hall–Kier alpha value is -1.99. The van der Waals surface area contributed by atoms with Crippen LogP contribution in [0.25, 0.3) is 0 Å². The van der Waals surface area contributed by atoms with Gasteiger partial charge >= 0.3 is 11.4 Å². The van der Waals surface area contributed by atoms with Crippen LogP contribution in [0, 0.1) is 12.3 Å². The molecule has 102 valence electrons. The van der Waals surface area contributed by atoms with Gasteiger partial charge in [0.05, 0.1) is 9.30 Å². The summed E-state index contributed by atoms with van der Waals surface area (Å²) in [5, 5.41) is 19.4. The zero-order valence-electron chi connectivity index (χ0n) is 11.5. The van der Waals surface area contributed by atoms with Gasteiger partial charge in [0, 0.05) is 0 Å². The smallest absolute Gasteiger partial charge is 0.350 e. The monoisotopic (exact) mass is 270 g/mol. The van der Waals surface area contributed by atoms with E-state index < -0.39 is 41.9 Å². The number of aliphatic hydroxyl groups is 2. The van der Waals surface area contributed by atoms with Gasteiger partial charge in [0.2, 0.25) is 0 Å². The number of aromatic nitrogens is 3. The quantitative estimate of drug-likeness (QED) is 0.408. The van der Waals surface area contributed by atoms with Crippen molar-refractivity contribution in [1.29, 1.82) is 0 Å². The van der Waals surface area contributed by atoms with Crippen LogP contribution in [0.3, 0.4) is 0 Å². The minimum atomic E-state index is -2.95. The van der Waals surface area contributed by atoms with E-state index in [0.29, 0.717) is 4.57 Å². The van der Waals surface area contributed by atoms with Gasteiger partial charge in [-0.05, 0) is 0 Å². The number of terminal acetylenes is 1. The summed E-state index contributed by atoms with van der Waals surface area (Å²) in [7, 11) is 0. The molecule has 9 nitrogen and oxygen atoms in total. The van der Waals surface area contributed by atoms with E-state index in [4.69, 9.17) is 19.6 Å². The van der Waals surface area contributed by atoms with Crippen molar-refractivity contribution < 1.29 is 17.7 Å². The molecule has 0 amide bonds. The second-order valence-corrected chi connectivity index (χ2v) is 3.95. The molecule has 0 saturated carbocycles. The van der Waals surface area contributed by atoms with Crippen LogP contribution in [0.15, 0.2) is 15.9 Å². The summed E-state index contributed by atoms with van der Waals surface area (Å²) in [6, 6.07) is 0. The first kappa shape index (κ1) is 10.9. The van der Waals surface area contributed by atoms with Crippen LogP contribution in [0.1, 0.15) is 8.97 Å². The number of nitrogens with zero attached hydrogens (tertiary/aromatic N) is 2. The van der Waals surface area contributed by atoms with Crippen LogP contribution in [0.4, 0.5) is 0 Å². The molecule has 1 saturated heterocycles. The highest BCUT2D eigenvalue weighted by atomic mass is 16.5. The van der Waals surface area contributed by atoms with Crippen molar-refractivity contribution >= 4 is 0 Å². The molecule has 1 aromatic heterocycles. The van der Waals surface area contributed by atoms with Gasteiger partial charge < -0.3 is 20.7 Å². The minimum Gasteiger partial charge on any atom is -0.394 e. The molecule has 0 aliphatic carbocycles. The number of nitrogens with one attached hydrogen (secondary N) is 1. The van der Waals surface area contributed by atoms with Crippen LogP contribution in [-0.2, 0) is 4.74 Å². The molecular formula is C10H12N4O5. The molecule has 0 radical (unpaired) electrons. The third kappa shape index (κ3) is 1.96. The van der Waals surface area contributed by atoms with Crippen molar-refractivity contribution in [3.05, 3.63) is 27.3 Å². The van der Waals surface area contributed by atoms with Crippen molar-refractivity contribution in [2.24, 2.45) is 5.73 Å². The van der Waals surface area contributed by atoms with Gasteiger partial charge in [-0.2, -0.15) is 4.98 Å². The van der Waals surface area contributed by atoms with Gasteiger partial charge in [0.15, 0.2) is 11.8 Å². The normalized spacial score (nSPS) is 36.4. The molecule has 1 fully saturated rings. The number of rotatable bonds is 2. The number of H-pyrrole nitrogens is 1. The van der Waals surface area contributed by atoms with Gasteiger partial charge in [-0.3, -0.25) is 9.55 Å². The van der Waals surface area contributed by atoms with E-state index >= 15 is 0 Å². The van der Waals surface area contributed by atoms with Gasteiger partial charge in [-0.25, -0.2) is 9.59 Å². The molecule has 0 aromatic carbocycles. The predicted molar refractivity (Wildman–Crippen MR) is 61.9 cm³/mol. The number of hydrogen-bond acceptors (Lipinski definition) is 7. The Kier molecular flexibility index (Phi) is 2.63. The summed E-state index contributed by atoms with van der Waals surface area (Å²) >= 11 is 0. The lowest BCUT2D eigenvalue weighted by Gasteiger charge is -2.27. The Morgan fingerprint density at radius 1 is 1.79 bits per heavy atom. The first-order chi connectivity index (χ1) is 9.61. The van der Waals surface area contributed by atoms with E-state index in [1.165, 1.54) is 0 Å². The molecule has 1 aliphatic heterocycles. The zero-order valence-corrected chi connectivity index (χ0v) is 9.48. The van der Waals surface area contributed by atoms with E-state index in [1.807, 2.05) is 10.9 Å². The molecular weight excluding hydrogens is 256 g/mol. The third-order valence-corrected chi connectivity index (χ3v) is 2.84. The van der Waals surface area contributed by atoms with Crippen molar-refractivity contribution in [1.82, 2.24) is 14.5 Å². The number of nitrogens with two attached hydrogens (primary N) is 1. The van der Waals surface area contributed by atoms with Crippen LogP contribution in [-0.4, -0.2) is 49.1 Å². The van der Waals surface area contributed by atoms with Crippen LogP contribution in [0.2, 0.25) is 0 Å². The van der Waals surface area contributed by atoms with Crippen molar-refractivity contribution in [3.63, 3.8) is 0 Å². The fraction of sp³-hybridized carbons (Fsp3) is 0.500. The second kappa shape index (κ2) is 4.60. The highest BCUT2D eigenvalue weighted by Crippen LogP contribution is 2.34. The molecule has 9 heteroatoms. The lowest BCUT2D eigenvalue weighted by Crippen LogP contribution is -2.55. The van der Waals surface area contributed by atoms with E-state index in [1.54, 1.807) is 0 Å². The Labute approximate surface area is 109 Å². The average molecular weight is 270 g/mol. The number of hydrogen-bond donors (Lipinski definition) is 4. The van der Waals surface area contributed by atoms with Crippen LogP contribution >= 0.6 is 0 Å². The first-order valence-electron chi connectivity index (χ1n) is 6.11. The highest BCUT2D eigenvalue weighted by Gasteiger charge is 2.54. The Morgan fingerprint density at radius 3 is 3.00 bits per heavy atom. The number of aliphatic hydroxyl groups excluding tert-OH is 1. The van der Waals surface area contributed by atoms with Crippen molar-refractivity contribution in [2.45, 2.75) is 24.0 Å². The van der Waals surface area contributed by atoms with Crippen LogP contribution in [0.5, 0.6) is 0 Å². The topological polar surface area (TPSA) is 143 Å². The zero-order chi connectivity index (χ0) is 16.0. The van der Waals surface area contributed by atoms with Gasteiger partial charge in [-0.15, -0.1) is 6.42 Å². The number of ether oxygens (including phenoxy) is 1.